The summed E-state index contributed by atoms with van der Waals surface area (Å²) >= 11 is 0. The molecule has 11 nitrogen and oxygen atoms in total. The Morgan fingerprint density at radius 2 is 1.20 bits per heavy atom. The van der Waals surface area contributed by atoms with Crippen molar-refractivity contribution >= 4 is 0 Å². The Hall–Kier alpha value is -2.16. The van der Waals surface area contributed by atoms with Crippen LogP contribution in [0.2, 0.25) is 0 Å². The van der Waals surface area contributed by atoms with Crippen LogP contribution in [-0.4, -0.2) is 68.6 Å². The fourth-order valence-electron chi connectivity index (χ4n) is 2.72. The molecular weight excluding hydrogens is 404 g/mol. The molecule has 0 aliphatic carbocycles. The number of hydrogen-bond donors (Lipinski definition) is 10. The van der Waals surface area contributed by atoms with Crippen LogP contribution in [0, 0.1) is 0 Å². The van der Waals surface area contributed by atoms with Crippen LogP contribution in [0.5, 0.6) is 5.75 Å². The first-order valence-corrected chi connectivity index (χ1v) is 8.70. The largest absolute Gasteiger partial charge is 0.479 e. The molecule has 0 amide bonds. The Balaban J connectivity index is 2.50. The summed E-state index contributed by atoms with van der Waals surface area (Å²) in [5.41, 5.74) is -0.587. The van der Waals surface area contributed by atoms with Gasteiger partial charge in [0, 0.05) is 12.8 Å². The van der Waals surface area contributed by atoms with E-state index in [0.29, 0.717) is 0 Å². The highest BCUT2D eigenvalue weighted by atomic mass is 16.7. The summed E-state index contributed by atoms with van der Waals surface area (Å²) in [6, 6.07) is 12.1. The molecule has 11 heteroatoms. The van der Waals surface area contributed by atoms with Crippen LogP contribution in [0.4, 0.5) is 0 Å². The summed E-state index contributed by atoms with van der Waals surface area (Å²) in [6.07, 6.45) is -4.20. The Bertz CT molecular complexity index is 822. The molecule has 0 heterocycles. The molecule has 2 aromatic rings. The SMILES string of the molecule is OC(O)(O)CCC(O)(O)C(O)(O)C(Oc1ccccc1C(O)(O)O)c1ccccc1. The molecule has 10 N–H and O–H groups in total. The summed E-state index contributed by atoms with van der Waals surface area (Å²) in [4.78, 5) is 0. The predicted molar refractivity (Wildman–Crippen MR) is 97.5 cm³/mol. The minimum atomic E-state index is -3.53. The van der Waals surface area contributed by atoms with Crippen molar-refractivity contribution in [1.82, 2.24) is 0 Å². The van der Waals surface area contributed by atoms with E-state index in [2.05, 4.69) is 0 Å². The zero-order valence-electron chi connectivity index (χ0n) is 15.6. The van der Waals surface area contributed by atoms with Gasteiger partial charge in [0.25, 0.3) is 11.8 Å². The van der Waals surface area contributed by atoms with Gasteiger partial charge in [-0.25, -0.2) is 0 Å². The van der Waals surface area contributed by atoms with E-state index in [1.54, 1.807) is 6.07 Å². The van der Waals surface area contributed by atoms with Crippen molar-refractivity contribution in [3.63, 3.8) is 0 Å². The lowest BCUT2D eigenvalue weighted by Gasteiger charge is -2.41. The maximum absolute atomic E-state index is 10.6. The summed E-state index contributed by atoms with van der Waals surface area (Å²) in [6.45, 7) is 0. The molecule has 30 heavy (non-hydrogen) atoms. The molecule has 166 valence electrons. The monoisotopic (exact) mass is 428 g/mol. The first kappa shape index (κ1) is 24.1. The second-order valence-corrected chi connectivity index (χ2v) is 6.86. The number of hydrogen-bond acceptors (Lipinski definition) is 11. The van der Waals surface area contributed by atoms with Crippen molar-refractivity contribution in [2.75, 3.05) is 0 Å². The molecule has 2 aromatic carbocycles. The second-order valence-electron chi connectivity index (χ2n) is 6.86. The predicted octanol–water partition coefficient (Wildman–Crippen LogP) is -2.33. The molecule has 0 radical (unpaired) electrons. The van der Waals surface area contributed by atoms with E-state index in [4.69, 9.17) is 20.1 Å². The van der Waals surface area contributed by atoms with Crippen molar-refractivity contribution < 1.29 is 55.8 Å². The van der Waals surface area contributed by atoms with Crippen LogP contribution in [-0.2, 0) is 5.97 Å². The quantitative estimate of drug-likeness (QED) is 0.191. The fourth-order valence-corrected chi connectivity index (χ4v) is 2.72. The van der Waals surface area contributed by atoms with E-state index in [0.717, 1.165) is 12.1 Å². The third-order valence-electron chi connectivity index (χ3n) is 4.36. The summed E-state index contributed by atoms with van der Waals surface area (Å²) in [7, 11) is 0. The van der Waals surface area contributed by atoms with E-state index in [1.807, 2.05) is 0 Å². The van der Waals surface area contributed by atoms with Crippen molar-refractivity contribution in [1.29, 1.82) is 0 Å². The summed E-state index contributed by atoms with van der Waals surface area (Å²) in [5.74, 6) is -14.1. The standard InChI is InChI=1S/C19H24O11/c20-16(21,10-11-17(22,23)24)18(25,26)15(12-6-2-1-3-7-12)30-14-9-5-4-8-13(14)19(27,28)29/h1-9,15,20-29H,10-11H2. The molecule has 0 saturated carbocycles. The first-order valence-electron chi connectivity index (χ1n) is 8.70. The van der Waals surface area contributed by atoms with Gasteiger partial charge in [0.15, 0.2) is 6.10 Å². The van der Waals surface area contributed by atoms with Crippen LogP contribution in [0.1, 0.15) is 30.1 Å². The lowest BCUT2D eigenvalue weighted by atomic mass is 9.90. The van der Waals surface area contributed by atoms with Gasteiger partial charge < -0.3 is 55.8 Å². The molecule has 0 fully saturated rings. The van der Waals surface area contributed by atoms with E-state index < -0.39 is 53.8 Å². The molecule has 1 atom stereocenters. The van der Waals surface area contributed by atoms with Crippen molar-refractivity contribution in [2.24, 2.45) is 0 Å². The molecule has 0 spiro atoms. The minimum absolute atomic E-state index is 0.00699. The average Bonchev–Trinajstić information content (AvgIpc) is 2.64. The molecular formula is C19H24O11. The van der Waals surface area contributed by atoms with Gasteiger partial charge >= 0.3 is 5.97 Å². The Kier molecular flexibility index (Phi) is 6.85. The van der Waals surface area contributed by atoms with Crippen LogP contribution in [0.15, 0.2) is 54.6 Å². The Labute approximate surface area is 170 Å². The van der Waals surface area contributed by atoms with Crippen molar-refractivity contribution in [2.45, 2.75) is 42.5 Å². The van der Waals surface area contributed by atoms with Gasteiger partial charge in [0.2, 0.25) is 5.79 Å². The van der Waals surface area contributed by atoms with Crippen LogP contribution in [0.25, 0.3) is 0 Å². The van der Waals surface area contributed by atoms with E-state index >= 15 is 0 Å². The second kappa shape index (κ2) is 8.53. The number of aliphatic hydroxyl groups is 10. The third kappa shape index (κ3) is 5.71. The minimum Gasteiger partial charge on any atom is -0.479 e. The number of rotatable bonds is 9. The van der Waals surface area contributed by atoms with Gasteiger partial charge in [-0.1, -0.05) is 42.5 Å². The fraction of sp³-hybridized carbons (Fsp3) is 0.368. The average molecular weight is 428 g/mol. The Morgan fingerprint density at radius 1 is 0.667 bits per heavy atom. The molecule has 0 bridgehead atoms. The smallest absolute Gasteiger partial charge is 0.308 e. The third-order valence-corrected chi connectivity index (χ3v) is 4.36. The van der Waals surface area contributed by atoms with E-state index in [-0.39, 0.29) is 5.56 Å². The van der Waals surface area contributed by atoms with Crippen molar-refractivity contribution in [3.05, 3.63) is 65.7 Å². The van der Waals surface area contributed by atoms with Gasteiger partial charge in [0.1, 0.15) is 5.75 Å². The lowest BCUT2D eigenvalue weighted by Crippen LogP contribution is -2.60. The highest BCUT2D eigenvalue weighted by Gasteiger charge is 2.55. The molecule has 2 rings (SSSR count). The lowest BCUT2D eigenvalue weighted by molar-refractivity contribution is -0.395. The molecule has 0 saturated heterocycles. The summed E-state index contributed by atoms with van der Waals surface area (Å²) < 4.78 is 5.45. The van der Waals surface area contributed by atoms with Crippen LogP contribution >= 0.6 is 0 Å². The van der Waals surface area contributed by atoms with E-state index in [9.17, 15) is 35.7 Å². The number of para-hydroxylation sites is 1. The zero-order valence-corrected chi connectivity index (χ0v) is 15.6. The van der Waals surface area contributed by atoms with Gasteiger partial charge in [0.05, 0.1) is 5.56 Å². The van der Waals surface area contributed by atoms with Crippen LogP contribution in [0.3, 0.4) is 0 Å². The molecule has 1 unspecified atom stereocenters. The highest BCUT2D eigenvalue weighted by Crippen LogP contribution is 2.40. The zero-order chi connectivity index (χ0) is 22.8. The van der Waals surface area contributed by atoms with Crippen molar-refractivity contribution in [3.8, 4) is 5.75 Å². The Morgan fingerprint density at radius 3 is 1.73 bits per heavy atom. The normalized spacial score (nSPS) is 14.5. The van der Waals surface area contributed by atoms with Gasteiger partial charge in [-0.2, -0.15) is 0 Å². The van der Waals surface area contributed by atoms with Gasteiger partial charge in [-0.15, -0.1) is 0 Å². The first-order chi connectivity index (χ1) is 13.7. The highest BCUT2D eigenvalue weighted by molar-refractivity contribution is 5.36. The topological polar surface area (TPSA) is 212 Å². The number of benzene rings is 2. The molecule has 0 aromatic heterocycles. The number of ether oxygens (including phenoxy) is 1. The maximum atomic E-state index is 10.6. The van der Waals surface area contributed by atoms with Gasteiger partial charge in [-0.05, 0) is 17.7 Å². The van der Waals surface area contributed by atoms with E-state index in [1.165, 1.54) is 36.4 Å². The molecule has 0 aliphatic heterocycles. The maximum Gasteiger partial charge on any atom is 0.308 e. The van der Waals surface area contributed by atoms with Gasteiger partial charge in [-0.3, -0.25) is 0 Å². The van der Waals surface area contributed by atoms with Crippen LogP contribution < -0.4 is 4.74 Å². The molecule has 0 aliphatic rings. The summed E-state index contributed by atoms with van der Waals surface area (Å²) in [5, 5.41) is 97.2.